The first-order valence-electron chi connectivity index (χ1n) is 18.7. The highest BCUT2D eigenvalue weighted by Gasteiger charge is 2.37. The molecule has 0 aliphatic heterocycles. The minimum absolute atomic E-state index is 0.0897. The van der Waals surface area contributed by atoms with Gasteiger partial charge in [-0.15, -0.1) is 0 Å². The Balaban J connectivity index is 1.08. The van der Waals surface area contributed by atoms with Crippen LogP contribution in [-0.2, 0) is 9.53 Å². The van der Waals surface area contributed by atoms with E-state index < -0.39 is 0 Å². The Bertz CT molecular complexity index is 1980. The van der Waals surface area contributed by atoms with Gasteiger partial charge in [0.05, 0.1) is 34.7 Å². The average Bonchev–Trinajstić information content (AvgIpc) is 3.17. The fourth-order valence-corrected chi connectivity index (χ4v) is 8.19. The number of allylic oxidation sites excluding steroid dienone is 1. The Kier molecular flexibility index (Phi) is 11.8. The summed E-state index contributed by atoms with van der Waals surface area (Å²) in [5.41, 5.74) is 6.60. The third-order valence-electron chi connectivity index (χ3n) is 11.8. The lowest BCUT2D eigenvalue weighted by Crippen LogP contribution is -2.38. The van der Waals surface area contributed by atoms with Gasteiger partial charge in [0.1, 0.15) is 6.10 Å². The molecule has 2 fully saturated rings. The van der Waals surface area contributed by atoms with Gasteiger partial charge in [-0.2, -0.15) is 10.5 Å². The monoisotopic (exact) mass is 688 g/mol. The molecule has 2 heterocycles. The molecule has 0 radical (unpaired) electrons. The molecular weight excluding hydrogens is 641 g/mol. The maximum absolute atomic E-state index is 13.6. The summed E-state index contributed by atoms with van der Waals surface area (Å²) < 4.78 is 6.32. The van der Waals surface area contributed by atoms with Crippen molar-refractivity contribution in [2.45, 2.75) is 65.9 Å². The average molecular weight is 689 g/mol. The van der Waals surface area contributed by atoms with Gasteiger partial charge < -0.3 is 4.74 Å². The van der Waals surface area contributed by atoms with Crippen LogP contribution < -0.4 is 0 Å². The third-order valence-corrected chi connectivity index (χ3v) is 11.8. The van der Waals surface area contributed by atoms with E-state index in [0.717, 1.165) is 59.3 Å². The molecule has 2 aromatic heterocycles. The first kappa shape index (κ1) is 36.5. The number of aromatic nitrogens is 2. The van der Waals surface area contributed by atoms with E-state index in [1.54, 1.807) is 0 Å². The summed E-state index contributed by atoms with van der Waals surface area (Å²) in [6.07, 6.45) is 16.4. The van der Waals surface area contributed by atoms with Crippen molar-refractivity contribution < 1.29 is 9.53 Å². The van der Waals surface area contributed by atoms with Crippen molar-refractivity contribution in [3.8, 4) is 34.4 Å². The summed E-state index contributed by atoms with van der Waals surface area (Å²) >= 11 is 0. The number of nitrogens with zero attached hydrogens (tertiary/aromatic N) is 4. The van der Waals surface area contributed by atoms with Crippen LogP contribution in [0, 0.1) is 64.1 Å². The summed E-state index contributed by atoms with van der Waals surface area (Å²) in [4.78, 5) is 22.9. The molecule has 2 aliphatic carbocycles. The Morgan fingerprint density at radius 3 is 1.87 bits per heavy atom. The predicted molar refractivity (Wildman–Crippen MR) is 207 cm³/mol. The Morgan fingerprint density at radius 1 is 0.731 bits per heavy atom. The number of esters is 1. The van der Waals surface area contributed by atoms with Crippen molar-refractivity contribution >= 4 is 18.1 Å². The molecule has 8 atom stereocenters. The van der Waals surface area contributed by atoms with Crippen LogP contribution in [0.25, 0.3) is 34.4 Å². The molecule has 0 N–H and O–H groups in total. The molecule has 6 nitrogen and oxygen atoms in total. The molecule has 1 unspecified atom stereocenters. The molecule has 264 valence electrons. The molecule has 2 saturated carbocycles. The largest absolute Gasteiger partial charge is 0.462 e. The highest BCUT2D eigenvalue weighted by atomic mass is 16.5. The minimum atomic E-state index is -0.151. The van der Waals surface area contributed by atoms with Crippen LogP contribution in [0.2, 0.25) is 0 Å². The molecule has 0 bridgehead atoms. The minimum Gasteiger partial charge on any atom is -0.462 e. The van der Waals surface area contributed by atoms with Crippen LogP contribution >= 0.6 is 0 Å². The van der Waals surface area contributed by atoms with Gasteiger partial charge in [0.2, 0.25) is 0 Å². The van der Waals surface area contributed by atoms with Crippen LogP contribution in [0.3, 0.4) is 0 Å². The zero-order valence-corrected chi connectivity index (χ0v) is 30.7. The third kappa shape index (κ3) is 8.58. The zero-order valence-electron chi connectivity index (χ0n) is 30.7. The lowest BCUT2D eigenvalue weighted by Gasteiger charge is -2.39. The van der Waals surface area contributed by atoms with E-state index in [1.165, 1.54) is 0 Å². The van der Waals surface area contributed by atoms with Gasteiger partial charge in [0.15, 0.2) is 0 Å². The molecule has 0 amide bonds. The molecule has 2 aliphatic rings. The second-order valence-corrected chi connectivity index (χ2v) is 15.0. The second kappa shape index (κ2) is 16.8. The van der Waals surface area contributed by atoms with Gasteiger partial charge >= 0.3 is 5.97 Å². The van der Waals surface area contributed by atoms with Crippen molar-refractivity contribution in [1.82, 2.24) is 9.97 Å². The highest BCUT2D eigenvalue weighted by Crippen LogP contribution is 2.42. The summed E-state index contributed by atoms with van der Waals surface area (Å²) in [5, 5.41) is 19.0. The Hall–Kier alpha value is -5.33. The number of pyridine rings is 2. The predicted octanol–water partition coefficient (Wildman–Crippen LogP) is 10.6. The highest BCUT2D eigenvalue weighted by molar-refractivity contribution is 5.72. The quantitative estimate of drug-likeness (QED) is 0.162. The van der Waals surface area contributed by atoms with Crippen molar-refractivity contribution in [2.75, 3.05) is 0 Å². The van der Waals surface area contributed by atoms with E-state index >= 15 is 0 Å². The van der Waals surface area contributed by atoms with E-state index in [-0.39, 0.29) is 23.9 Å². The number of carbonyl (C=O) groups is 1. The van der Waals surface area contributed by atoms with E-state index in [4.69, 9.17) is 4.74 Å². The Morgan fingerprint density at radius 2 is 1.31 bits per heavy atom. The Labute approximate surface area is 308 Å². The summed E-state index contributed by atoms with van der Waals surface area (Å²) in [6.45, 7) is 9.18. The lowest BCUT2D eigenvalue weighted by atomic mass is 9.68. The maximum atomic E-state index is 13.6. The van der Waals surface area contributed by atoms with Crippen molar-refractivity contribution in [3.63, 3.8) is 0 Å². The normalized spacial score (nSPS) is 26.1. The smallest absolute Gasteiger partial charge is 0.306 e. The number of benzene rings is 2. The van der Waals surface area contributed by atoms with Crippen molar-refractivity contribution in [3.05, 3.63) is 120 Å². The van der Waals surface area contributed by atoms with Gasteiger partial charge in [-0.1, -0.05) is 88.4 Å². The molecule has 6 rings (SSSR count). The SMILES string of the molecule is C[C@H]1[C@H](/C=C/c2ccc(-c3ccccc3C#N)cn2)[C@@H](OC(=O)CC2C[C@@H](/C=C/c3ccc(-c4ccccc4C#N)cn3)[C@H](C)[C@@H](C)C2)CC[C@@H]1C. The van der Waals surface area contributed by atoms with Gasteiger partial charge in [0, 0.05) is 47.0 Å². The summed E-state index contributed by atoms with van der Waals surface area (Å²) in [7, 11) is 0. The fraction of sp³-hybridized carbons (Fsp3) is 0.370. The molecule has 2 aromatic carbocycles. The second-order valence-electron chi connectivity index (χ2n) is 15.0. The summed E-state index contributed by atoms with van der Waals surface area (Å²) in [5.74, 6) is 2.56. The van der Waals surface area contributed by atoms with E-state index in [1.807, 2.05) is 85.2 Å². The van der Waals surface area contributed by atoms with Crippen LogP contribution in [0.1, 0.15) is 82.3 Å². The van der Waals surface area contributed by atoms with Crippen LogP contribution in [-0.4, -0.2) is 22.0 Å². The molecule has 0 spiro atoms. The van der Waals surface area contributed by atoms with Crippen molar-refractivity contribution in [2.24, 2.45) is 41.4 Å². The van der Waals surface area contributed by atoms with E-state index in [9.17, 15) is 15.3 Å². The molecule has 52 heavy (non-hydrogen) atoms. The number of hydrogen-bond donors (Lipinski definition) is 0. The van der Waals surface area contributed by atoms with Gasteiger partial charge in [-0.25, -0.2) is 0 Å². The molecular formula is C46H48N4O2. The van der Waals surface area contributed by atoms with Crippen LogP contribution in [0.4, 0.5) is 0 Å². The van der Waals surface area contributed by atoms with E-state index in [2.05, 4.69) is 74.1 Å². The molecule has 6 heteroatoms. The number of nitriles is 2. The van der Waals surface area contributed by atoms with Crippen molar-refractivity contribution in [1.29, 1.82) is 10.5 Å². The zero-order chi connectivity index (χ0) is 36.6. The van der Waals surface area contributed by atoms with Crippen LogP contribution in [0.5, 0.6) is 0 Å². The summed E-state index contributed by atoms with van der Waals surface area (Å²) in [6, 6.07) is 27.7. The first-order chi connectivity index (χ1) is 25.2. The maximum Gasteiger partial charge on any atom is 0.306 e. The van der Waals surface area contributed by atoms with Crippen LogP contribution in [0.15, 0.2) is 97.3 Å². The topological polar surface area (TPSA) is 99.7 Å². The standard InChI is InChI=1S/C46H48N4O2/c1-30-13-22-45(42(33(30)4)21-20-41-19-16-39(29-50-41)44-12-8-6-10-37(44)27-48)52-46(51)25-34-23-31(2)32(3)35(24-34)14-17-40-18-15-38(28-49-40)43-11-7-5-9-36(43)26-47/h5-12,14-21,28-35,42,45H,13,22-25H2,1-4H3/b17-14+,21-20+/t30-,31-,32+,33+,34?,35+,42-,45-/m0/s1. The number of carbonyl (C=O) groups excluding carboxylic acids is 1. The van der Waals surface area contributed by atoms with E-state index in [0.29, 0.717) is 47.1 Å². The van der Waals surface area contributed by atoms with Gasteiger partial charge in [0.25, 0.3) is 0 Å². The number of rotatable bonds is 9. The fourth-order valence-electron chi connectivity index (χ4n) is 8.19. The number of ether oxygens (including phenoxy) is 1. The van der Waals surface area contributed by atoms with Gasteiger partial charge in [-0.05, 0) is 97.6 Å². The lowest BCUT2D eigenvalue weighted by molar-refractivity contribution is -0.156. The first-order valence-corrected chi connectivity index (χ1v) is 18.7. The number of hydrogen-bond acceptors (Lipinski definition) is 6. The molecule has 4 aromatic rings. The molecule has 0 saturated heterocycles. The van der Waals surface area contributed by atoms with Gasteiger partial charge in [-0.3, -0.25) is 14.8 Å².